The van der Waals surface area contributed by atoms with Crippen molar-refractivity contribution in [2.75, 3.05) is 31.9 Å². The lowest BCUT2D eigenvalue weighted by atomic mass is 9.87. The van der Waals surface area contributed by atoms with Crippen molar-refractivity contribution in [2.24, 2.45) is 0 Å². The summed E-state index contributed by atoms with van der Waals surface area (Å²) < 4.78 is 2.65. The average molecular weight is 159 g/mol. The Hall–Kier alpha value is 0.375. The first kappa shape index (κ1) is 8.47. The number of nitrogens with zero attached hydrogens (tertiary/aromatic N) is 1. The molecule has 10 heavy (non-hydrogen) atoms. The Bertz CT molecular complexity index is 121. The van der Waals surface area contributed by atoms with E-state index in [9.17, 15) is 0 Å². The van der Waals surface area contributed by atoms with E-state index in [0.717, 1.165) is 5.82 Å². The predicted octanol–water partition coefficient (Wildman–Crippen LogP) is 0.723. The molecule has 0 aromatic heterocycles. The molecule has 60 valence electrons. The van der Waals surface area contributed by atoms with Gasteiger partial charge in [-0.2, -0.15) is 10.2 Å². The van der Waals surface area contributed by atoms with Gasteiger partial charge in [0.1, 0.15) is 7.85 Å². The Morgan fingerprint density at radius 3 is 2.20 bits per heavy atom. The second kappa shape index (κ2) is 2.78. The molecule has 3 heteroatoms. The van der Waals surface area contributed by atoms with Gasteiger partial charge in [0, 0.05) is 13.1 Å². The van der Waals surface area contributed by atoms with Crippen LogP contribution in [0.25, 0.3) is 0 Å². The molecule has 0 N–H and O–H groups in total. The van der Waals surface area contributed by atoms with Crippen LogP contribution < -0.4 is 0 Å². The summed E-state index contributed by atoms with van der Waals surface area (Å²) in [5.74, 6) is 0.937. The Morgan fingerprint density at radius 2 is 2.00 bits per heavy atom. The maximum absolute atomic E-state index is 2.65. The smallest absolute Gasteiger partial charge is 0.107 e. The highest BCUT2D eigenvalue weighted by atomic mass is 32.3. The molecular weight excluding hydrogens is 141 g/mol. The van der Waals surface area contributed by atoms with Gasteiger partial charge in [-0.25, -0.2) is 0 Å². The largest absolute Gasteiger partial charge is 0.269 e. The molecule has 0 radical (unpaired) electrons. The minimum absolute atomic E-state index is 0.402. The standard InChI is InChI=1S/C7H18BNS/c1-10(2,3)9-5-4-7(8)6-9/h7H,4-6,8H2,1-3H3. The number of hydrogen-bond donors (Lipinski definition) is 0. The molecule has 0 bridgehead atoms. The fraction of sp³-hybridized carbons (Fsp3) is 1.00. The molecule has 0 aromatic carbocycles. The van der Waals surface area contributed by atoms with Crippen LogP contribution in [0.4, 0.5) is 0 Å². The third-order valence-electron chi connectivity index (χ3n) is 2.16. The number of rotatable bonds is 1. The van der Waals surface area contributed by atoms with E-state index in [1.165, 1.54) is 19.5 Å². The van der Waals surface area contributed by atoms with Gasteiger partial charge in [-0.05, 0) is 25.2 Å². The lowest BCUT2D eigenvalue weighted by Gasteiger charge is -2.37. The molecule has 0 aromatic rings. The summed E-state index contributed by atoms with van der Waals surface area (Å²) in [5, 5.41) is 0. The first-order chi connectivity index (χ1) is 4.50. The van der Waals surface area contributed by atoms with E-state index in [2.05, 4.69) is 30.9 Å². The summed E-state index contributed by atoms with van der Waals surface area (Å²) in [7, 11) is 1.95. The van der Waals surface area contributed by atoms with Crippen molar-refractivity contribution >= 4 is 18.1 Å². The molecule has 0 spiro atoms. The highest BCUT2D eigenvalue weighted by Gasteiger charge is 2.24. The SMILES string of the molecule is BC1CCN(S(C)(C)C)C1. The highest BCUT2D eigenvalue weighted by Crippen LogP contribution is 2.43. The molecule has 0 saturated carbocycles. The molecule has 1 nitrogen and oxygen atoms in total. The van der Waals surface area contributed by atoms with E-state index in [-0.39, 0.29) is 0 Å². The van der Waals surface area contributed by atoms with E-state index >= 15 is 0 Å². The van der Waals surface area contributed by atoms with Crippen LogP contribution in [0.5, 0.6) is 0 Å². The fourth-order valence-electron chi connectivity index (χ4n) is 1.39. The van der Waals surface area contributed by atoms with Gasteiger partial charge in [-0.15, -0.1) is 0 Å². The summed E-state index contributed by atoms with van der Waals surface area (Å²) in [6, 6.07) is 0. The van der Waals surface area contributed by atoms with E-state index in [1.807, 2.05) is 0 Å². The minimum Gasteiger partial charge on any atom is -0.269 e. The van der Waals surface area contributed by atoms with Crippen LogP contribution in [-0.4, -0.2) is 44.0 Å². The Morgan fingerprint density at radius 1 is 1.40 bits per heavy atom. The van der Waals surface area contributed by atoms with Crippen molar-refractivity contribution in [3.63, 3.8) is 0 Å². The molecule has 1 atom stereocenters. The monoisotopic (exact) mass is 159 g/mol. The average Bonchev–Trinajstić information content (AvgIpc) is 2.11. The van der Waals surface area contributed by atoms with Gasteiger partial charge < -0.3 is 0 Å². The zero-order valence-electron chi connectivity index (χ0n) is 7.55. The fourth-order valence-corrected chi connectivity index (χ4v) is 2.75. The van der Waals surface area contributed by atoms with Gasteiger partial charge in [0.25, 0.3) is 0 Å². The van der Waals surface area contributed by atoms with Crippen molar-refractivity contribution in [1.82, 2.24) is 4.31 Å². The third-order valence-corrected chi connectivity index (χ3v) is 4.04. The van der Waals surface area contributed by atoms with Gasteiger partial charge in [-0.3, -0.25) is 4.31 Å². The van der Waals surface area contributed by atoms with E-state index in [1.54, 1.807) is 0 Å². The Labute approximate surface area is 67.0 Å². The second-order valence-corrected chi connectivity index (χ2v) is 8.12. The maximum Gasteiger partial charge on any atom is 0.107 e. The van der Waals surface area contributed by atoms with Crippen LogP contribution in [0.1, 0.15) is 6.42 Å². The third kappa shape index (κ3) is 1.93. The zero-order chi connectivity index (χ0) is 7.78. The molecule has 1 heterocycles. The van der Waals surface area contributed by atoms with E-state index in [0.29, 0.717) is 0 Å². The normalized spacial score (nSPS) is 30.9. The van der Waals surface area contributed by atoms with Crippen LogP contribution in [-0.2, 0) is 0 Å². The quantitative estimate of drug-likeness (QED) is 0.509. The highest BCUT2D eigenvalue weighted by molar-refractivity contribution is 8.30. The molecule has 0 amide bonds. The first-order valence-corrected chi connectivity index (χ1v) is 6.75. The summed E-state index contributed by atoms with van der Waals surface area (Å²) in [6.07, 6.45) is 8.55. The summed E-state index contributed by atoms with van der Waals surface area (Å²) in [4.78, 5) is 0. The number of hydrogen-bond acceptors (Lipinski definition) is 1. The van der Waals surface area contributed by atoms with Crippen LogP contribution in [0.15, 0.2) is 0 Å². The molecule has 1 aliphatic rings. The summed E-state index contributed by atoms with van der Waals surface area (Å²) in [5.41, 5.74) is 0. The lowest BCUT2D eigenvalue weighted by molar-refractivity contribution is 0.574. The van der Waals surface area contributed by atoms with Crippen molar-refractivity contribution in [1.29, 1.82) is 0 Å². The minimum atomic E-state index is -0.402. The van der Waals surface area contributed by atoms with Crippen LogP contribution >= 0.6 is 10.2 Å². The van der Waals surface area contributed by atoms with Crippen molar-refractivity contribution < 1.29 is 0 Å². The van der Waals surface area contributed by atoms with Crippen molar-refractivity contribution in [3.8, 4) is 0 Å². The molecule has 0 aliphatic carbocycles. The van der Waals surface area contributed by atoms with Gasteiger partial charge in [0.05, 0.1) is 0 Å². The van der Waals surface area contributed by atoms with Gasteiger partial charge in [-0.1, -0.05) is 5.82 Å². The molecule has 1 unspecified atom stereocenters. The van der Waals surface area contributed by atoms with Crippen LogP contribution in [0.3, 0.4) is 0 Å². The molecule has 1 rings (SSSR count). The predicted molar refractivity (Wildman–Crippen MR) is 53.8 cm³/mol. The van der Waals surface area contributed by atoms with E-state index in [4.69, 9.17) is 0 Å². The first-order valence-electron chi connectivity index (χ1n) is 3.93. The maximum atomic E-state index is 2.65. The second-order valence-electron chi connectivity index (χ2n) is 4.05. The van der Waals surface area contributed by atoms with Crippen molar-refractivity contribution in [3.05, 3.63) is 0 Å². The van der Waals surface area contributed by atoms with E-state index < -0.39 is 10.2 Å². The molecule has 1 fully saturated rings. The molecule has 1 saturated heterocycles. The molecule has 1 aliphatic heterocycles. The zero-order valence-corrected chi connectivity index (χ0v) is 8.37. The van der Waals surface area contributed by atoms with Crippen LogP contribution in [0, 0.1) is 0 Å². The molecular formula is C7H18BNS. The van der Waals surface area contributed by atoms with Gasteiger partial charge in [0.2, 0.25) is 0 Å². The van der Waals surface area contributed by atoms with Crippen LogP contribution in [0.2, 0.25) is 5.82 Å². The summed E-state index contributed by atoms with van der Waals surface area (Å²) in [6.45, 7) is 2.67. The summed E-state index contributed by atoms with van der Waals surface area (Å²) >= 11 is 0. The lowest BCUT2D eigenvalue weighted by Crippen LogP contribution is -2.22. The van der Waals surface area contributed by atoms with Crippen molar-refractivity contribution in [2.45, 2.75) is 12.2 Å². The Kier molecular flexibility index (Phi) is 2.36. The van der Waals surface area contributed by atoms with Gasteiger partial charge in [0.15, 0.2) is 0 Å². The van der Waals surface area contributed by atoms with Gasteiger partial charge >= 0.3 is 0 Å². The Balaban J connectivity index is 2.45. The topological polar surface area (TPSA) is 3.24 Å².